The lowest BCUT2D eigenvalue weighted by atomic mass is 10.2. The Kier molecular flexibility index (Phi) is 5.80. The van der Waals surface area contributed by atoms with Gasteiger partial charge in [-0.15, -0.1) is 0 Å². The standard InChI is InChI=1S/C12H19BrN2O/c1-15(6-3-7-16-2)9-10-4-5-12(14)11(13)8-10/h4-5,8H,3,6-7,9,14H2,1-2H3. The minimum atomic E-state index is 0.783. The van der Waals surface area contributed by atoms with E-state index in [-0.39, 0.29) is 0 Å². The zero-order chi connectivity index (χ0) is 12.0. The van der Waals surface area contributed by atoms with Crippen LogP contribution in [-0.4, -0.2) is 32.2 Å². The molecule has 1 aromatic rings. The number of nitrogen functional groups attached to an aromatic ring is 1. The van der Waals surface area contributed by atoms with Crippen LogP contribution in [0.25, 0.3) is 0 Å². The van der Waals surface area contributed by atoms with E-state index in [4.69, 9.17) is 10.5 Å². The van der Waals surface area contributed by atoms with E-state index in [9.17, 15) is 0 Å². The van der Waals surface area contributed by atoms with Crippen molar-refractivity contribution in [2.75, 3.05) is 33.0 Å². The first-order chi connectivity index (χ1) is 7.63. The van der Waals surface area contributed by atoms with E-state index in [1.165, 1.54) is 5.56 Å². The smallest absolute Gasteiger partial charge is 0.0474 e. The van der Waals surface area contributed by atoms with Gasteiger partial charge in [0, 0.05) is 37.0 Å². The van der Waals surface area contributed by atoms with Crippen LogP contribution in [0.3, 0.4) is 0 Å². The second-order valence-electron chi connectivity index (χ2n) is 3.94. The number of nitrogens with zero attached hydrogens (tertiary/aromatic N) is 1. The zero-order valence-corrected chi connectivity index (χ0v) is 11.5. The molecule has 2 N–H and O–H groups in total. The van der Waals surface area contributed by atoms with Crippen molar-refractivity contribution in [3.8, 4) is 0 Å². The van der Waals surface area contributed by atoms with Crippen molar-refractivity contribution in [2.24, 2.45) is 0 Å². The molecule has 1 aromatic carbocycles. The number of hydrogen-bond donors (Lipinski definition) is 1. The monoisotopic (exact) mass is 286 g/mol. The van der Waals surface area contributed by atoms with Crippen molar-refractivity contribution in [3.05, 3.63) is 28.2 Å². The SMILES string of the molecule is COCCCN(C)Cc1ccc(N)c(Br)c1. The second-order valence-corrected chi connectivity index (χ2v) is 4.79. The third-order valence-corrected chi connectivity index (χ3v) is 3.09. The highest BCUT2D eigenvalue weighted by atomic mass is 79.9. The van der Waals surface area contributed by atoms with Gasteiger partial charge in [0.25, 0.3) is 0 Å². The molecule has 0 saturated carbocycles. The molecule has 0 bridgehead atoms. The summed E-state index contributed by atoms with van der Waals surface area (Å²) in [6, 6.07) is 6.07. The largest absolute Gasteiger partial charge is 0.398 e. The van der Waals surface area contributed by atoms with Crippen LogP contribution in [0.1, 0.15) is 12.0 Å². The minimum Gasteiger partial charge on any atom is -0.398 e. The van der Waals surface area contributed by atoms with Gasteiger partial charge in [0.1, 0.15) is 0 Å². The molecule has 1 rings (SSSR count). The van der Waals surface area contributed by atoms with Crippen LogP contribution in [-0.2, 0) is 11.3 Å². The van der Waals surface area contributed by atoms with E-state index in [0.29, 0.717) is 0 Å². The fourth-order valence-electron chi connectivity index (χ4n) is 1.54. The van der Waals surface area contributed by atoms with Gasteiger partial charge in [-0.25, -0.2) is 0 Å². The first-order valence-corrected chi connectivity index (χ1v) is 6.14. The van der Waals surface area contributed by atoms with E-state index in [0.717, 1.165) is 36.3 Å². The second kappa shape index (κ2) is 6.89. The summed E-state index contributed by atoms with van der Waals surface area (Å²) in [6.07, 6.45) is 1.06. The number of rotatable bonds is 6. The molecule has 0 aliphatic rings. The average Bonchev–Trinajstić information content (AvgIpc) is 2.24. The first kappa shape index (κ1) is 13.5. The third kappa shape index (κ3) is 4.51. The van der Waals surface area contributed by atoms with E-state index >= 15 is 0 Å². The van der Waals surface area contributed by atoms with Crippen molar-refractivity contribution in [2.45, 2.75) is 13.0 Å². The zero-order valence-electron chi connectivity index (χ0n) is 9.87. The molecular formula is C12H19BrN2O. The lowest BCUT2D eigenvalue weighted by molar-refractivity contribution is 0.178. The van der Waals surface area contributed by atoms with Crippen LogP contribution in [0.2, 0.25) is 0 Å². The fraction of sp³-hybridized carbons (Fsp3) is 0.500. The van der Waals surface area contributed by atoms with Gasteiger partial charge in [-0.3, -0.25) is 0 Å². The van der Waals surface area contributed by atoms with Gasteiger partial charge in [-0.1, -0.05) is 6.07 Å². The lowest BCUT2D eigenvalue weighted by Gasteiger charge is -2.16. The van der Waals surface area contributed by atoms with Crippen molar-refractivity contribution >= 4 is 21.6 Å². The molecule has 0 unspecified atom stereocenters. The van der Waals surface area contributed by atoms with Crippen LogP contribution in [0.5, 0.6) is 0 Å². The molecule has 0 spiro atoms. The maximum absolute atomic E-state index is 5.74. The predicted octanol–water partition coefficient (Wildman–Crippen LogP) is 2.50. The number of nitrogens with two attached hydrogens (primary N) is 1. The summed E-state index contributed by atoms with van der Waals surface area (Å²) >= 11 is 3.44. The van der Waals surface area contributed by atoms with Crippen LogP contribution >= 0.6 is 15.9 Å². The summed E-state index contributed by atoms with van der Waals surface area (Å²) in [5, 5.41) is 0. The molecule has 0 radical (unpaired) electrons. The number of ether oxygens (including phenoxy) is 1. The molecule has 3 nitrogen and oxygen atoms in total. The highest BCUT2D eigenvalue weighted by molar-refractivity contribution is 9.10. The van der Waals surface area contributed by atoms with Gasteiger partial charge in [0.05, 0.1) is 0 Å². The van der Waals surface area contributed by atoms with Crippen LogP contribution in [0, 0.1) is 0 Å². The van der Waals surface area contributed by atoms with Crippen LogP contribution < -0.4 is 5.73 Å². The number of halogens is 1. The molecule has 0 saturated heterocycles. The number of hydrogen-bond acceptors (Lipinski definition) is 3. The first-order valence-electron chi connectivity index (χ1n) is 5.35. The summed E-state index contributed by atoms with van der Waals surface area (Å²) in [6.45, 7) is 2.79. The number of anilines is 1. The Morgan fingerprint density at radius 2 is 2.19 bits per heavy atom. The summed E-state index contributed by atoms with van der Waals surface area (Å²) in [7, 11) is 3.84. The van der Waals surface area contributed by atoms with Crippen LogP contribution in [0.15, 0.2) is 22.7 Å². The van der Waals surface area contributed by atoms with Gasteiger partial charge >= 0.3 is 0 Å². The minimum absolute atomic E-state index is 0.783. The molecule has 0 aliphatic heterocycles. The Morgan fingerprint density at radius 3 is 2.81 bits per heavy atom. The predicted molar refractivity (Wildman–Crippen MR) is 71.4 cm³/mol. The topological polar surface area (TPSA) is 38.5 Å². The number of methoxy groups -OCH3 is 1. The maximum atomic E-state index is 5.74. The summed E-state index contributed by atoms with van der Waals surface area (Å²) < 4.78 is 5.99. The normalized spacial score (nSPS) is 11.0. The molecule has 0 fully saturated rings. The Morgan fingerprint density at radius 1 is 1.44 bits per heavy atom. The summed E-state index contributed by atoms with van der Waals surface area (Å²) in [5.74, 6) is 0. The Hall–Kier alpha value is -0.580. The van der Waals surface area contributed by atoms with Crippen LogP contribution in [0.4, 0.5) is 5.69 Å². The molecule has 0 heterocycles. The maximum Gasteiger partial charge on any atom is 0.0474 e. The van der Waals surface area contributed by atoms with Gasteiger partial charge in [0.2, 0.25) is 0 Å². The highest BCUT2D eigenvalue weighted by Gasteiger charge is 2.02. The lowest BCUT2D eigenvalue weighted by Crippen LogP contribution is -2.20. The Labute approximate surface area is 106 Å². The molecule has 0 amide bonds. The van der Waals surface area contributed by atoms with Gasteiger partial charge in [-0.05, 0) is 47.1 Å². The van der Waals surface area contributed by atoms with Gasteiger partial charge < -0.3 is 15.4 Å². The molecule has 4 heteroatoms. The molecule has 90 valence electrons. The van der Waals surface area contributed by atoms with Crippen molar-refractivity contribution in [1.29, 1.82) is 0 Å². The fourth-order valence-corrected chi connectivity index (χ4v) is 1.96. The van der Waals surface area contributed by atoms with Gasteiger partial charge in [-0.2, -0.15) is 0 Å². The molecule has 0 atom stereocenters. The number of benzene rings is 1. The van der Waals surface area contributed by atoms with Crippen molar-refractivity contribution < 1.29 is 4.74 Å². The van der Waals surface area contributed by atoms with Gasteiger partial charge in [0.15, 0.2) is 0 Å². The highest BCUT2D eigenvalue weighted by Crippen LogP contribution is 2.20. The molecular weight excluding hydrogens is 268 g/mol. The van der Waals surface area contributed by atoms with Crippen molar-refractivity contribution in [3.63, 3.8) is 0 Å². The van der Waals surface area contributed by atoms with Crippen molar-refractivity contribution in [1.82, 2.24) is 4.90 Å². The molecule has 0 aromatic heterocycles. The van der Waals surface area contributed by atoms with E-state index < -0.39 is 0 Å². The third-order valence-electron chi connectivity index (χ3n) is 2.41. The quantitative estimate of drug-likeness (QED) is 0.645. The summed E-state index contributed by atoms with van der Waals surface area (Å²) in [4.78, 5) is 2.27. The molecule has 16 heavy (non-hydrogen) atoms. The molecule has 0 aliphatic carbocycles. The Balaban J connectivity index is 2.43. The average molecular weight is 287 g/mol. The van der Waals surface area contributed by atoms with E-state index in [2.05, 4.69) is 40.0 Å². The Bertz CT molecular complexity index is 331. The van der Waals surface area contributed by atoms with E-state index in [1.54, 1.807) is 7.11 Å². The van der Waals surface area contributed by atoms with E-state index in [1.807, 2.05) is 6.07 Å². The summed E-state index contributed by atoms with van der Waals surface area (Å²) in [5.41, 5.74) is 7.79.